The number of aliphatic carboxylic acids is 1. The number of benzene rings is 1. The average molecular weight is 326 g/mol. The van der Waals surface area contributed by atoms with Gasteiger partial charge in [-0.05, 0) is 12.1 Å². The molecule has 1 aromatic heterocycles. The highest BCUT2D eigenvalue weighted by molar-refractivity contribution is 5.95. The standard InChI is InChI=1S/C13H9F3N4O3/c14-13(15,16)12-17-8-4-2-1-3-7(8)11(18-12)20-19-9(21)5-6-10(22)23/h1-6H,(H,19,21)(H,22,23)(H,17,18,20)/b6-5+. The molecule has 2 rings (SSSR count). The van der Waals surface area contributed by atoms with Crippen molar-refractivity contribution >= 4 is 28.6 Å². The molecule has 0 saturated heterocycles. The number of alkyl halides is 3. The zero-order valence-electron chi connectivity index (χ0n) is 11.3. The maximum absolute atomic E-state index is 12.8. The van der Waals surface area contributed by atoms with Crippen molar-refractivity contribution in [2.24, 2.45) is 0 Å². The first-order valence-corrected chi connectivity index (χ1v) is 6.08. The van der Waals surface area contributed by atoms with E-state index in [-0.39, 0.29) is 16.7 Å². The van der Waals surface area contributed by atoms with E-state index in [0.29, 0.717) is 12.2 Å². The Labute approximate surface area is 126 Å². The minimum absolute atomic E-state index is 0.0349. The number of hydrogen-bond acceptors (Lipinski definition) is 5. The number of nitrogens with one attached hydrogen (secondary N) is 2. The van der Waals surface area contributed by atoms with Gasteiger partial charge >= 0.3 is 12.1 Å². The molecule has 0 bridgehead atoms. The number of rotatable bonds is 4. The van der Waals surface area contributed by atoms with Crippen molar-refractivity contribution in [1.29, 1.82) is 0 Å². The van der Waals surface area contributed by atoms with E-state index in [0.717, 1.165) is 0 Å². The first kappa shape index (κ1) is 16.2. The number of hydrazine groups is 1. The number of anilines is 1. The van der Waals surface area contributed by atoms with Gasteiger partial charge in [0, 0.05) is 17.5 Å². The Morgan fingerprint density at radius 2 is 1.83 bits per heavy atom. The summed E-state index contributed by atoms with van der Waals surface area (Å²) in [6, 6.07) is 5.91. The van der Waals surface area contributed by atoms with Crippen molar-refractivity contribution in [3.05, 3.63) is 42.2 Å². The van der Waals surface area contributed by atoms with Crippen molar-refractivity contribution in [1.82, 2.24) is 15.4 Å². The molecule has 0 unspecified atom stereocenters. The molecule has 0 spiro atoms. The maximum Gasteiger partial charge on any atom is 0.451 e. The summed E-state index contributed by atoms with van der Waals surface area (Å²) in [6.45, 7) is 0. The van der Waals surface area contributed by atoms with E-state index in [1.807, 2.05) is 5.43 Å². The number of carbonyl (C=O) groups is 2. The van der Waals surface area contributed by atoms with E-state index in [4.69, 9.17) is 5.11 Å². The van der Waals surface area contributed by atoms with Gasteiger partial charge in [-0.15, -0.1) is 0 Å². The lowest BCUT2D eigenvalue weighted by atomic mass is 10.2. The summed E-state index contributed by atoms with van der Waals surface area (Å²) < 4.78 is 38.4. The monoisotopic (exact) mass is 326 g/mol. The van der Waals surface area contributed by atoms with Gasteiger partial charge in [0.05, 0.1) is 5.52 Å². The fourth-order valence-corrected chi connectivity index (χ4v) is 1.61. The van der Waals surface area contributed by atoms with Gasteiger partial charge in [-0.25, -0.2) is 14.8 Å². The fourth-order valence-electron chi connectivity index (χ4n) is 1.61. The predicted octanol–water partition coefficient (Wildman–Crippen LogP) is 1.73. The van der Waals surface area contributed by atoms with Crippen LogP contribution in [0.25, 0.3) is 10.9 Å². The molecule has 0 fully saturated rings. The van der Waals surface area contributed by atoms with Gasteiger partial charge in [0.15, 0.2) is 5.82 Å². The summed E-state index contributed by atoms with van der Waals surface area (Å²) in [5.74, 6) is -3.84. The Hall–Kier alpha value is -3.17. The molecule has 0 radical (unpaired) electrons. The number of hydrogen-bond donors (Lipinski definition) is 3. The number of fused-ring (bicyclic) bond motifs is 1. The molecule has 10 heteroatoms. The van der Waals surface area contributed by atoms with Crippen LogP contribution in [0, 0.1) is 0 Å². The van der Waals surface area contributed by atoms with Crippen molar-refractivity contribution in [2.45, 2.75) is 6.18 Å². The number of para-hydroxylation sites is 1. The lowest BCUT2D eigenvalue weighted by Gasteiger charge is -2.12. The second-order valence-corrected chi connectivity index (χ2v) is 4.20. The molecule has 0 aliphatic rings. The molecule has 0 atom stereocenters. The number of aromatic nitrogens is 2. The van der Waals surface area contributed by atoms with Crippen LogP contribution in [-0.4, -0.2) is 27.0 Å². The topological polar surface area (TPSA) is 104 Å². The van der Waals surface area contributed by atoms with Gasteiger partial charge in [-0.1, -0.05) is 12.1 Å². The van der Waals surface area contributed by atoms with Crippen LogP contribution in [0.2, 0.25) is 0 Å². The molecule has 0 aliphatic heterocycles. The first-order valence-electron chi connectivity index (χ1n) is 6.08. The number of amides is 1. The van der Waals surface area contributed by atoms with Crippen molar-refractivity contribution in [3.8, 4) is 0 Å². The third-order valence-electron chi connectivity index (χ3n) is 2.54. The number of carboxylic acid groups (broad SMARTS) is 1. The molecular formula is C13H9F3N4O3. The van der Waals surface area contributed by atoms with E-state index in [9.17, 15) is 22.8 Å². The van der Waals surface area contributed by atoms with Crippen LogP contribution in [0.3, 0.4) is 0 Å². The molecule has 7 nitrogen and oxygen atoms in total. The smallest absolute Gasteiger partial charge is 0.451 e. The number of carbonyl (C=O) groups excluding carboxylic acids is 1. The van der Waals surface area contributed by atoms with Crippen LogP contribution in [0.4, 0.5) is 19.0 Å². The van der Waals surface area contributed by atoms with Gasteiger partial charge < -0.3 is 5.11 Å². The molecule has 3 N–H and O–H groups in total. The summed E-state index contributed by atoms with van der Waals surface area (Å²) in [5, 5.41) is 8.63. The van der Waals surface area contributed by atoms with Crippen molar-refractivity contribution in [3.63, 3.8) is 0 Å². The molecule has 120 valence electrons. The Morgan fingerprint density at radius 1 is 1.13 bits per heavy atom. The van der Waals surface area contributed by atoms with Crippen LogP contribution in [0.5, 0.6) is 0 Å². The lowest BCUT2D eigenvalue weighted by Crippen LogP contribution is -2.29. The first-order chi connectivity index (χ1) is 10.8. The van der Waals surface area contributed by atoms with Gasteiger partial charge in [0.1, 0.15) is 0 Å². The van der Waals surface area contributed by atoms with Crippen molar-refractivity contribution in [2.75, 3.05) is 5.43 Å². The average Bonchev–Trinajstić information content (AvgIpc) is 2.49. The predicted molar refractivity (Wildman–Crippen MR) is 73.1 cm³/mol. The molecule has 2 aromatic rings. The van der Waals surface area contributed by atoms with Crippen LogP contribution in [-0.2, 0) is 15.8 Å². The molecule has 0 aliphatic carbocycles. The van der Waals surface area contributed by atoms with Gasteiger partial charge in [-0.2, -0.15) is 13.2 Å². The SMILES string of the molecule is O=C(O)/C=C/C(=O)NNc1nc(C(F)(F)F)nc2ccccc12. The zero-order valence-corrected chi connectivity index (χ0v) is 11.3. The van der Waals surface area contributed by atoms with Gasteiger partial charge in [0.2, 0.25) is 5.82 Å². The van der Waals surface area contributed by atoms with Crippen molar-refractivity contribution < 1.29 is 27.9 Å². The quantitative estimate of drug-likeness (QED) is 0.584. The molecule has 1 aromatic carbocycles. The second-order valence-electron chi connectivity index (χ2n) is 4.20. The van der Waals surface area contributed by atoms with Gasteiger partial charge in [0.25, 0.3) is 5.91 Å². The minimum Gasteiger partial charge on any atom is -0.478 e. The van der Waals surface area contributed by atoms with E-state index < -0.39 is 23.9 Å². The van der Waals surface area contributed by atoms with Gasteiger partial charge in [-0.3, -0.25) is 15.6 Å². The molecule has 1 heterocycles. The Bertz CT molecular complexity index is 790. The summed E-state index contributed by atoms with van der Waals surface area (Å²) in [7, 11) is 0. The number of carboxylic acids is 1. The number of nitrogens with zero attached hydrogens (tertiary/aromatic N) is 2. The van der Waals surface area contributed by atoms with Crippen LogP contribution in [0.1, 0.15) is 5.82 Å². The van der Waals surface area contributed by atoms with E-state index in [2.05, 4.69) is 15.4 Å². The largest absolute Gasteiger partial charge is 0.478 e. The molecule has 0 saturated carbocycles. The summed E-state index contributed by atoms with van der Waals surface area (Å²) >= 11 is 0. The zero-order chi connectivity index (χ0) is 17.0. The third kappa shape index (κ3) is 4.15. The van der Waals surface area contributed by atoms with Crippen LogP contribution >= 0.6 is 0 Å². The van der Waals surface area contributed by atoms with E-state index in [1.54, 1.807) is 6.07 Å². The van der Waals surface area contributed by atoms with Crippen LogP contribution < -0.4 is 10.9 Å². The Balaban J connectivity index is 2.32. The Morgan fingerprint density at radius 3 is 2.48 bits per heavy atom. The summed E-state index contributed by atoms with van der Waals surface area (Å²) in [6.07, 6.45) is -3.48. The maximum atomic E-state index is 12.8. The fraction of sp³-hybridized carbons (Fsp3) is 0.0769. The lowest BCUT2D eigenvalue weighted by molar-refractivity contribution is -0.144. The van der Waals surface area contributed by atoms with Crippen LogP contribution in [0.15, 0.2) is 36.4 Å². The highest BCUT2D eigenvalue weighted by Gasteiger charge is 2.35. The summed E-state index contributed by atoms with van der Waals surface area (Å²) in [4.78, 5) is 28.4. The molecule has 1 amide bonds. The highest BCUT2D eigenvalue weighted by atomic mass is 19.4. The summed E-state index contributed by atoms with van der Waals surface area (Å²) in [5.41, 5.74) is 4.29. The second kappa shape index (κ2) is 6.30. The third-order valence-corrected chi connectivity index (χ3v) is 2.54. The van der Waals surface area contributed by atoms with E-state index in [1.165, 1.54) is 18.2 Å². The highest BCUT2D eigenvalue weighted by Crippen LogP contribution is 2.29. The Kier molecular flexibility index (Phi) is 4.44. The molecule has 23 heavy (non-hydrogen) atoms. The normalized spacial score (nSPS) is 11.6. The van der Waals surface area contributed by atoms with E-state index >= 15 is 0 Å². The number of halogens is 3. The minimum atomic E-state index is -4.76. The molecular weight excluding hydrogens is 317 g/mol.